The van der Waals surface area contributed by atoms with Crippen molar-refractivity contribution in [2.24, 2.45) is 0 Å². The summed E-state index contributed by atoms with van der Waals surface area (Å²) in [5.41, 5.74) is 0.235. The van der Waals surface area contributed by atoms with Crippen LogP contribution < -0.4 is 0 Å². The van der Waals surface area contributed by atoms with Crippen molar-refractivity contribution < 1.29 is 13.2 Å². The van der Waals surface area contributed by atoms with Gasteiger partial charge in [0.25, 0.3) is 0 Å². The predicted molar refractivity (Wildman–Crippen MR) is 70.1 cm³/mol. The zero-order valence-corrected chi connectivity index (χ0v) is 10.4. The molecule has 0 N–H and O–H groups in total. The number of halogens is 3. The van der Waals surface area contributed by atoms with Crippen LogP contribution in [0.3, 0.4) is 0 Å². The summed E-state index contributed by atoms with van der Waals surface area (Å²) in [6.07, 6.45) is -4.41. The van der Waals surface area contributed by atoms with E-state index in [2.05, 4.69) is 4.98 Å². The number of hydrogen-bond donors (Lipinski definition) is 0. The molecule has 1 nitrogen and oxygen atoms in total. The van der Waals surface area contributed by atoms with E-state index in [0.717, 1.165) is 21.7 Å². The first-order valence-electron chi connectivity index (χ1n) is 5.56. The van der Waals surface area contributed by atoms with E-state index in [1.807, 2.05) is 29.6 Å². The molecule has 96 valence electrons. The van der Waals surface area contributed by atoms with E-state index in [9.17, 15) is 13.2 Å². The summed E-state index contributed by atoms with van der Waals surface area (Å²) in [6, 6.07) is 11.6. The number of benzene rings is 1. The number of alkyl halides is 3. The Morgan fingerprint density at radius 1 is 0.947 bits per heavy atom. The van der Waals surface area contributed by atoms with E-state index in [0.29, 0.717) is 5.69 Å². The smallest absolute Gasteiger partial charge is 0.243 e. The van der Waals surface area contributed by atoms with Gasteiger partial charge in [-0.15, -0.1) is 11.3 Å². The molecule has 0 aliphatic rings. The van der Waals surface area contributed by atoms with Crippen molar-refractivity contribution in [2.75, 3.05) is 0 Å². The van der Waals surface area contributed by atoms with Crippen LogP contribution in [0.25, 0.3) is 21.3 Å². The molecule has 19 heavy (non-hydrogen) atoms. The molecule has 0 aliphatic heterocycles. The maximum Gasteiger partial charge on any atom is 0.433 e. The summed E-state index contributed by atoms with van der Waals surface area (Å²) >= 11 is 1.50. The van der Waals surface area contributed by atoms with Gasteiger partial charge in [-0.3, -0.25) is 0 Å². The molecule has 0 spiro atoms. The molecule has 0 unspecified atom stereocenters. The lowest BCUT2D eigenvalue weighted by Gasteiger charge is -2.07. The largest absolute Gasteiger partial charge is 0.433 e. The molecule has 3 rings (SSSR count). The average Bonchev–Trinajstić information content (AvgIpc) is 2.82. The van der Waals surface area contributed by atoms with Crippen molar-refractivity contribution in [1.29, 1.82) is 0 Å². The van der Waals surface area contributed by atoms with Crippen LogP contribution in [0.1, 0.15) is 5.69 Å². The zero-order valence-electron chi connectivity index (χ0n) is 9.61. The van der Waals surface area contributed by atoms with Crippen LogP contribution in [-0.2, 0) is 6.18 Å². The number of aromatic nitrogens is 1. The lowest BCUT2D eigenvalue weighted by Crippen LogP contribution is -2.07. The lowest BCUT2D eigenvalue weighted by molar-refractivity contribution is -0.141. The lowest BCUT2D eigenvalue weighted by atomic mass is 10.1. The van der Waals surface area contributed by atoms with Crippen molar-refractivity contribution >= 4 is 21.4 Å². The first-order valence-corrected chi connectivity index (χ1v) is 6.44. The van der Waals surface area contributed by atoms with E-state index < -0.39 is 11.9 Å². The molecule has 0 saturated carbocycles. The van der Waals surface area contributed by atoms with Crippen molar-refractivity contribution in [3.8, 4) is 11.3 Å². The van der Waals surface area contributed by atoms with Crippen LogP contribution in [0, 0.1) is 0 Å². The van der Waals surface area contributed by atoms with Crippen molar-refractivity contribution in [2.45, 2.75) is 6.18 Å². The minimum atomic E-state index is -4.41. The second kappa shape index (κ2) is 4.35. The van der Waals surface area contributed by atoms with Crippen molar-refractivity contribution in [3.63, 3.8) is 0 Å². The molecule has 0 amide bonds. The van der Waals surface area contributed by atoms with E-state index in [1.165, 1.54) is 17.4 Å². The van der Waals surface area contributed by atoms with Crippen LogP contribution in [0.15, 0.2) is 47.8 Å². The SMILES string of the molecule is FC(F)(F)c1cccc(-c2csc3ccccc23)n1. The Balaban J connectivity index is 2.17. The van der Waals surface area contributed by atoms with Gasteiger partial charge in [0.05, 0.1) is 5.69 Å². The third-order valence-electron chi connectivity index (χ3n) is 2.80. The van der Waals surface area contributed by atoms with E-state index in [-0.39, 0.29) is 0 Å². The number of fused-ring (bicyclic) bond motifs is 1. The Kier molecular flexibility index (Phi) is 2.78. The van der Waals surface area contributed by atoms with E-state index >= 15 is 0 Å². The Morgan fingerprint density at radius 3 is 2.53 bits per heavy atom. The predicted octanol–water partition coefficient (Wildman–Crippen LogP) is 4.98. The highest BCUT2D eigenvalue weighted by Crippen LogP contribution is 2.34. The third kappa shape index (κ3) is 2.21. The third-order valence-corrected chi connectivity index (χ3v) is 3.76. The highest BCUT2D eigenvalue weighted by molar-refractivity contribution is 7.17. The minimum absolute atomic E-state index is 0.354. The van der Waals surface area contributed by atoms with Crippen LogP contribution in [-0.4, -0.2) is 4.98 Å². The molecule has 2 aromatic heterocycles. The molecule has 2 heterocycles. The summed E-state index contributed by atoms with van der Waals surface area (Å²) in [6.45, 7) is 0. The topological polar surface area (TPSA) is 12.9 Å². The van der Waals surface area contributed by atoms with E-state index in [4.69, 9.17) is 0 Å². The average molecular weight is 279 g/mol. The first-order chi connectivity index (χ1) is 9.05. The van der Waals surface area contributed by atoms with Gasteiger partial charge < -0.3 is 0 Å². The fraction of sp³-hybridized carbons (Fsp3) is 0.0714. The summed E-state index contributed by atoms with van der Waals surface area (Å²) < 4.78 is 39.0. The van der Waals surface area contributed by atoms with Gasteiger partial charge in [-0.2, -0.15) is 13.2 Å². The second-order valence-electron chi connectivity index (χ2n) is 4.05. The fourth-order valence-electron chi connectivity index (χ4n) is 1.92. The van der Waals surface area contributed by atoms with Gasteiger partial charge in [0.1, 0.15) is 5.69 Å². The quantitative estimate of drug-likeness (QED) is 0.612. The Labute approximate surface area is 111 Å². The summed E-state index contributed by atoms with van der Waals surface area (Å²) in [7, 11) is 0. The van der Waals surface area contributed by atoms with Crippen LogP contribution in [0.5, 0.6) is 0 Å². The highest BCUT2D eigenvalue weighted by atomic mass is 32.1. The molecule has 0 radical (unpaired) electrons. The van der Waals surface area contributed by atoms with Crippen molar-refractivity contribution in [1.82, 2.24) is 4.98 Å². The number of pyridine rings is 1. The molecule has 0 saturated heterocycles. The summed E-state index contributed by atoms with van der Waals surface area (Å²) in [5.74, 6) is 0. The Hall–Kier alpha value is -1.88. The van der Waals surface area contributed by atoms with Crippen LogP contribution in [0.2, 0.25) is 0 Å². The van der Waals surface area contributed by atoms with Gasteiger partial charge in [0.2, 0.25) is 0 Å². The highest BCUT2D eigenvalue weighted by Gasteiger charge is 2.32. The molecular weight excluding hydrogens is 271 g/mol. The number of hydrogen-bond acceptors (Lipinski definition) is 2. The summed E-state index contributed by atoms with van der Waals surface area (Å²) in [5, 5.41) is 2.77. The van der Waals surface area contributed by atoms with Gasteiger partial charge in [0.15, 0.2) is 0 Å². The fourth-order valence-corrected chi connectivity index (χ4v) is 2.87. The number of rotatable bonds is 1. The maximum atomic E-state index is 12.7. The van der Waals surface area contributed by atoms with Gasteiger partial charge in [0, 0.05) is 21.0 Å². The first kappa shape index (κ1) is 12.2. The van der Waals surface area contributed by atoms with Gasteiger partial charge >= 0.3 is 6.18 Å². The van der Waals surface area contributed by atoms with Gasteiger partial charge in [-0.1, -0.05) is 24.3 Å². The molecule has 1 aromatic carbocycles. The van der Waals surface area contributed by atoms with Gasteiger partial charge in [-0.05, 0) is 18.2 Å². The second-order valence-corrected chi connectivity index (χ2v) is 4.96. The molecule has 0 aliphatic carbocycles. The zero-order chi connectivity index (χ0) is 13.5. The van der Waals surface area contributed by atoms with Crippen LogP contribution >= 0.6 is 11.3 Å². The van der Waals surface area contributed by atoms with Crippen LogP contribution in [0.4, 0.5) is 13.2 Å². The monoisotopic (exact) mass is 279 g/mol. The van der Waals surface area contributed by atoms with Crippen molar-refractivity contribution in [3.05, 3.63) is 53.5 Å². The number of nitrogens with zero attached hydrogens (tertiary/aromatic N) is 1. The molecular formula is C14H8F3NS. The minimum Gasteiger partial charge on any atom is -0.243 e. The molecule has 0 bridgehead atoms. The molecule has 5 heteroatoms. The molecule has 0 atom stereocenters. The molecule has 0 fully saturated rings. The Bertz CT molecular complexity index is 731. The Morgan fingerprint density at radius 2 is 1.74 bits per heavy atom. The van der Waals surface area contributed by atoms with Gasteiger partial charge in [-0.25, -0.2) is 4.98 Å². The molecule has 3 aromatic rings. The standard InChI is InChI=1S/C14H8F3NS/c15-14(16,17)13-7-3-5-11(18-13)10-8-19-12-6-2-1-4-9(10)12/h1-8H. The normalized spacial score (nSPS) is 11.9. The summed E-state index contributed by atoms with van der Waals surface area (Å²) in [4.78, 5) is 3.72. The van der Waals surface area contributed by atoms with E-state index in [1.54, 1.807) is 6.07 Å². The maximum absolute atomic E-state index is 12.7. The number of thiophene rings is 1.